The van der Waals surface area contributed by atoms with E-state index < -0.39 is 0 Å². The van der Waals surface area contributed by atoms with E-state index in [1.54, 1.807) is 12.1 Å². The number of hydrogen-bond donors (Lipinski definition) is 1. The van der Waals surface area contributed by atoms with Crippen LogP contribution in [-0.4, -0.2) is 4.98 Å². The molecular formula is C17H14BrFN2. The molecule has 1 unspecified atom stereocenters. The van der Waals surface area contributed by atoms with Crippen molar-refractivity contribution < 1.29 is 4.39 Å². The molecule has 0 amide bonds. The van der Waals surface area contributed by atoms with Crippen LogP contribution < -0.4 is 5.73 Å². The molecule has 0 aliphatic rings. The molecule has 2 aromatic carbocycles. The molecule has 3 rings (SSSR count). The van der Waals surface area contributed by atoms with E-state index in [1.165, 1.54) is 6.07 Å². The topological polar surface area (TPSA) is 38.9 Å². The van der Waals surface area contributed by atoms with Crippen LogP contribution in [0.15, 0.2) is 53.0 Å². The Balaban J connectivity index is 2.02. The molecule has 4 heteroatoms. The van der Waals surface area contributed by atoms with Crippen LogP contribution in [-0.2, 0) is 0 Å². The first-order valence-electron chi connectivity index (χ1n) is 6.62. The molecule has 0 fully saturated rings. The molecule has 0 saturated carbocycles. The minimum absolute atomic E-state index is 0.288. The van der Waals surface area contributed by atoms with Gasteiger partial charge in [0.2, 0.25) is 0 Å². The van der Waals surface area contributed by atoms with Crippen LogP contribution in [0, 0.1) is 12.7 Å². The van der Waals surface area contributed by atoms with Gasteiger partial charge in [0.15, 0.2) is 0 Å². The van der Waals surface area contributed by atoms with Crippen molar-refractivity contribution in [3.63, 3.8) is 0 Å². The van der Waals surface area contributed by atoms with Crippen molar-refractivity contribution in [2.75, 3.05) is 0 Å². The number of aromatic nitrogens is 1. The van der Waals surface area contributed by atoms with Crippen molar-refractivity contribution in [1.82, 2.24) is 4.98 Å². The van der Waals surface area contributed by atoms with Crippen LogP contribution in [0.25, 0.3) is 10.9 Å². The summed E-state index contributed by atoms with van der Waals surface area (Å²) >= 11 is 3.19. The van der Waals surface area contributed by atoms with Crippen LogP contribution in [0.2, 0.25) is 0 Å². The predicted octanol–water partition coefficient (Wildman–Crippen LogP) is 4.49. The molecule has 106 valence electrons. The van der Waals surface area contributed by atoms with Crippen molar-refractivity contribution in [3.05, 3.63) is 75.6 Å². The van der Waals surface area contributed by atoms with Gasteiger partial charge in [-0.2, -0.15) is 0 Å². The van der Waals surface area contributed by atoms with E-state index in [2.05, 4.69) is 20.9 Å². The Labute approximate surface area is 130 Å². The van der Waals surface area contributed by atoms with Crippen molar-refractivity contribution >= 4 is 26.8 Å². The average molecular weight is 345 g/mol. The minimum Gasteiger partial charge on any atom is -0.320 e. The molecule has 3 aromatic rings. The number of rotatable bonds is 2. The third-order valence-corrected chi connectivity index (χ3v) is 4.12. The normalized spacial score (nSPS) is 12.6. The van der Waals surface area contributed by atoms with E-state index in [0.29, 0.717) is 4.47 Å². The second kappa shape index (κ2) is 5.54. The van der Waals surface area contributed by atoms with Gasteiger partial charge in [0.05, 0.1) is 16.0 Å². The number of hydrogen-bond acceptors (Lipinski definition) is 2. The fraction of sp³-hybridized carbons (Fsp3) is 0.118. The number of benzene rings is 2. The van der Waals surface area contributed by atoms with Gasteiger partial charge in [0.1, 0.15) is 5.82 Å². The van der Waals surface area contributed by atoms with E-state index in [-0.39, 0.29) is 11.9 Å². The van der Waals surface area contributed by atoms with Gasteiger partial charge >= 0.3 is 0 Å². The largest absolute Gasteiger partial charge is 0.320 e. The lowest BCUT2D eigenvalue weighted by molar-refractivity contribution is 0.619. The highest BCUT2D eigenvalue weighted by molar-refractivity contribution is 9.10. The summed E-state index contributed by atoms with van der Waals surface area (Å²) in [7, 11) is 0. The zero-order valence-electron chi connectivity index (χ0n) is 11.5. The molecule has 0 spiro atoms. The quantitative estimate of drug-likeness (QED) is 0.743. The molecule has 1 heterocycles. The van der Waals surface area contributed by atoms with Crippen LogP contribution in [0.3, 0.4) is 0 Å². The van der Waals surface area contributed by atoms with Crippen molar-refractivity contribution in [2.45, 2.75) is 13.0 Å². The van der Waals surface area contributed by atoms with Crippen LogP contribution in [0.4, 0.5) is 4.39 Å². The highest BCUT2D eigenvalue weighted by Crippen LogP contribution is 2.26. The Morgan fingerprint density at radius 3 is 2.52 bits per heavy atom. The van der Waals surface area contributed by atoms with Crippen LogP contribution >= 0.6 is 15.9 Å². The third kappa shape index (κ3) is 2.82. The number of fused-ring (bicyclic) bond motifs is 1. The third-order valence-electron chi connectivity index (χ3n) is 3.51. The highest BCUT2D eigenvalue weighted by Gasteiger charge is 2.11. The first-order chi connectivity index (χ1) is 10.0. The number of aryl methyl sites for hydroxylation is 1. The average Bonchev–Trinajstić information content (AvgIpc) is 2.49. The first-order valence-corrected chi connectivity index (χ1v) is 7.42. The smallest absolute Gasteiger partial charge is 0.137 e. The lowest BCUT2D eigenvalue weighted by atomic mass is 9.98. The number of nitrogens with two attached hydrogens (primary N) is 1. The lowest BCUT2D eigenvalue weighted by Gasteiger charge is -2.14. The Bertz CT molecular complexity index is 817. The van der Waals surface area contributed by atoms with Gasteiger partial charge in [-0.05, 0) is 64.3 Å². The molecule has 1 aromatic heterocycles. The Morgan fingerprint density at radius 2 is 1.76 bits per heavy atom. The molecule has 0 bridgehead atoms. The van der Waals surface area contributed by atoms with E-state index in [4.69, 9.17) is 5.73 Å². The van der Waals surface area contributed by atoms with Gasteiger partial charge in [-0.3, -0.25) is 4.98 Å². The van der Waals surface area contributed by atoms with E-state index in [0.717, 1.165) is 27.7 Å². The summed E-state index contributed by atoms with van der Waals surface area (Å²) in [6.45, 7) is 1.97. The summed E-state index contributed by atoms with van der Waals surface area (Å²) in [4.78, 5) is 4.48. The monoisotopic (exact) mass is 344 g/mol. The Morgan fingerprint density at radius 1 is 1.05 bits per heavy atom. The summed E-state index contributed by atoms with van der Waals surface area (Å²) < 4.78 is 13.7. The highest BCUT2D eigenvalue weighted by atomic mass is 79.9. The van der Waals surface area contributed by atoms with Gasteiger partial charge in [0, 0.05) is 11.1 Å². The number of pyridine rings is 1. The van der Waals surface area contributed by atoms with Crippen LogP contribution in [0.1, 0.15) is 22.9 Å². The summed E-state index contributed by atoms with van der Waals surface area (Å²) in [6, 6.07) is 14.5. The first kappa shape index (κ1) is 14.2. The fourth-order valence-corrected chi connectivity index (χ4v) is 2.73. The number of nitrogens with zero attached hydrogens (tertiary/aromatic N) is 1. The zero-order chi connectivity index (χ0) is 15.0. The minimum atomic E-state index is -0.299. The van der Waals surface area contributed by atoms with E-state index in [9.17, 15) is 4.39 Å². The number of halogens is 2. The van der Waals surface area contributed by atoms with Crippen molar-refractivity contribution in [3.8, 4) is 0 Å². The van der Waals surface area contributed by atoms with Gasteiger partial charge in [-0.25, -0.2) is 4.39 Å². The maximum atomic E-state index is 13.3. The Kier molecular flexibility index (Phi) is 3.74. The molecule has 0 radical (unpaired) electrons. The van der Waals surface area contributed by atoms with Gasteiger partial charge in [-0.15, -0.1) is 0 Å². The van der Waals surface area contributed by atoms with Gasteiger partial charge in [-0.1, -0.05) is 18.2 Å². The fourth-order valence-electron chi connectivity index (χ4n) is 2.34. The molecule has 1 atom stereocenters. The zero-order valence-corrected chi connectivity index (χ0v) is 13.1. The molecule has 0 saturated heterocycles. The molecule has 0 aliphatic heterocycles. The summed E-state index contributed by atoms with van der Waals surface area (Å²) in [5, 5.41) is 1.05. The Hall–Kier alpha value is -1.78. The molecule has 2 nitrogen and oxygen atoms in total. The maximum Gasteiger partial charge on any atom is 0.137 e. The second-order valence-electron chi connectivity index (χ2n) is 5.06. The van der Waals surface area contributed by atoms with Gasteiger partial charge in [0.25, 0.3) is 0 Å². The molecule has 2 N–H and O–H groups in total. The maximum absolute atomic E-state index is 13.3. The van der Waals surface area contributed by atoms with E-state index >= 15 is 0 Å². The lowest BCUT2D eigenvalue weighted by Crippen LogP contribution is -2.12. The molecule has 21 heavy (non-hydrogen) atoms. The predicted molar refractivity (Wildman–Crippen MR) is 86.6 cm³/mol. The standard InChI is InChI=1S/C17H14BrFN2/c1-10-2-3-11-8-12(5-7-16(11)21-10)17(20)13-4-6-15(19)14(18)9-13/h2-9,17H,20H2,1H3. The van der Waals surface area contributed by atoms with Crippen molar-refractivity contribution in [1.29, 1.82) is 0 Å². The van der Waals surface area contributed by atoms with Crippen molar-refractivity contribution in [2.24, 2.45) is 5.73 Å². The van der Waals surface area contributed by atoms with Gasteiger partial charge < -0.3 is 5.73 Å². The summed E-state index contributed by atoms with van der Waals surface area (Å²) in [6.07, 6.45) is 0. The molecule has 0 aliphatic carbocycles. The van der Waals surface area contributed by atoms with Crippen LogP contribution in [0.5, 0.6) is 0 Å². The van der Waals surface area contributed by atoms with E-state index in [1.807, 2.05) is 37.3 Å². The second-order valence-corrected chi connectivity index (χ2v) is 5.91. The summed E-state index contributed by atoms with van der Waals surface area (Å²) in [5.41, 5.74) is 10.1. The molecular weight excluding hydrogens is 331 g/mol. The SMILES string of the molecule is Cc1ccc2cc(C(N)c3ccc(F)c(Br)c3)ccc2n1. The summed E-state index contributed by atoms with van der Waals surface area (Å²) in [5.74, 6) is -0.288.